The highest BCUT2D eigenvalue weighted by molar-refractivity contribution is 5.94. The molecule has 1 amide bonds. The second kappa shape index (κ2) is 8.15. The molecular weight excluding hydrogens is 264 g/mol. The molecule has 1 heterocycles. The van der Waals surface area contributed by atoms with E-state index < -0.39 is 0 Å². The van der Waals surface area contributed by atoms with Crippen molar-refractivity contribution >= 4 is 18.3 Å². The van der Waals surface area contributed by atoms with Crippen LogP contribution in [-0.4, -0.2) is 50.2 Å². The molecule has 0 unspecified atom stereocenters. The van der Waals surface area contributed by atoms with Gasteiger partial charge in [0.2, 0.25) is 0 Å². The van der Waals surface area contributed by atoms with Gasteiger partial charge in [0, 0.05) is 31.7 Å². The van der Waals surface area contributed by atoms with Crippen LogP contribution in [0.3, 0.4) is 0 Å². The number of hydrogen-bond donors (Lipinski definition) is 1. The Bertz CT molecular complexity index is 389. The molecule has 0 radical (unpaired) electrons. The van der Waals surface area contributed by atoms with Crippen LogP contribution in [0, 0.1) is 6.92 Å². The van der Waals surface area contributed by atoms with Crippen LogP contribution in [0.2, 0.25) is 0 Å². The summed E-state index contributed by atoms with van der Waals surface area (Å²) in [5.41, 5.74) is 1.89. The van der Waals surface area contributed by atoms with Gasteiger partial charge >= 0.3 is 0 Å². The van der Waals surface area contributed by atoms with Crippen molar-refractivity contribution in [2.24, 2.45) is 0 Å². The number of benzene rings is 1. The van der Waals surface area contributed by atoms with Crippen molar-refractivity contribution in [1.29, 1.82) is 0 Å². The second-order valence-corrected chi connectivity index (χ2v) is 4.58. The van der Waals surface area contributed by atoms with Crippen LogP contribution in [0.25, 0.3) is 0 Å². The Kier molecular flexibility index (Phi) is 6.84. The van der Waals surface area contributed by atoms with Crippen LogP contribution in [-0.2, 0) is 4.74 Å². The van der Waals surface area contributed by atoms with Crippen LogP contribution in [0.15, 0.2) is 24.3 Å². The highest BCUT2D eigenvalue weighted by Gasteiger charge is 2.10. The number of carbonyl (C=O) groups is 1. The summed E-state index contributed by atoms with van der Waals surface area (Å²) in [5.74, 6) is 0.00302. The van der Waals surface area contributed by atoms with E-state index in [1.165, 1.54) is 5.56 Å². The maximum absolute atomic E-state index is 11.8. The molecule has 0 bridgehead atoms. The molecule has 0 atom stereocenters. The average Bonchev–Trinajstić information content (AvgIpc) is 2.40. The van der Waals surface area contributed by atoms with Crippen LogP contribution >= 0.6 is 12.4 Å². The van der Waals surface area contributed by atoms with Gasteiger partial charge in [-0.3, -0.25) is 9.69 Å². The largest absolute Gasteiger partial charge is 0.379 e. The number of amides is 1. The molecule has 0 spiro atoms. The maximum atomic E-state index is 11.8. The Morgan fingerprint density at radius 3 is 2.53 bits per heavy atom. The van der Waals surface area contributed by atoms with Crippen molar-refractivity contribution in [2.45, 2.75) is 6.92 Å². The van der Waals surface area contributed by atoms with Crippen molar-refractivity contribution in [3.05, 3.63) is 35.4 Å². The van der Waals surface area contributed by atoms with E-state index in [0.717, 1.165) is 38.4 Å². The number of morpholine rings is 1. The molecular formula is C14H21ClN2O2. The van der Waals surface area contributed by atoms with Gasteiger partial charge in [0.15, 0.2) is 0 Å². The minimum Gasteiger partial charge on any atom is -0.379 e. The lowest BCUT2D eigenvalue weighted by Crippen LogP contribution is -2.41. The first-order valence-corrected chi connectivity index (χ1v) is 6.41. The fraction of sp³-hybridized carbons (Fsp3) is 0.500. The van der Waals surface area contributed by atoms with Crippen LogP contribution < -0.4 is 5.32 Å². The van der Waals surface area contributed by atoms with Crippen LogP contribution in [0.5, 0.6) is 0 Å². The van der Waals surface area contributed by atoms with Gasteiger partial charge in [-0.1, -0.05) is 17.7 Å². The van der Waals surface area contributed by atoms with Crippen molar-refractivity contribution in [3.8, 4) is 0 Å². The Balaban J connectivity index is 0.00000180. The zero-order valence-electron chi connectivity index (χ0n) is 11.2. The summed E-state index contributed by atoms with van der Waals surface area (Å²) in [6, 6.07) is 7.63. The topological polar surface area (TPSA) is 41.6 Å². The van der Waals surface area contributed by atoms with Crippen LogP contribution in [0.1, 0.15) is 15.9 Å². The summed E-state index contributed by atoms with van der Waals surface area (Å²) in [7, 11) is 0. The van der Waals surface area contributed by atoms with E-state index in [-0.39, 0.29) is 18.3 Å². The van der Waals surface area contributed by atoms with Gasteiger partial charge < -0.3 is 10.1 Å². The van der Waals surface area contributed by atoms with E-state index in [9.17, 15) is 4.79 Å². The Morgan fingerprint density at radius 2 is 1.89 bits per heavy atom. The quantitative estimate of drug-likeness (QED) is 0.911. The lowest BCUT2D eigenvalue weighted by Gasteiger charge is -2.26. The Hall–Kier alpha value is -1.10. The number of rotatable bonds is 4. The summed E-state index contributed by atoms with van der Waals surface area (Å²) in [5, 5.41) is 2.94. The standard InChI is InChI=1S/C14H20N2O2.ClH/c1-12-2-4-13(5-3-12)14(17)15-6-7-16-8-10-18-11-9-16;/h2-5H,6-11H2,1H3,(H,15,17);1H. The third kappa shape index (κ3) is 5.19. The fourth-order valence-corrected chi connectivity index (χ4v) is 1.96. The second-order valence-electron chi connectivity index (χ2n) is 4.58. The summed E-state index contributed by atoms with van der Waals surface area (Å²) in [4.78, 5) is 14.1. The number of carbonyl (C=O) groups excluding carboxylic acids is 1. The zero-order chi connectivity index (χ0) is 12.8. The maximum Gasteiger partial charge on any atom is 0.251 e. The first-order chi connectivity index (χ1) is 8.75. The van der Waals surface area contributed by atoms with Gasteiger partial charge in [0.05, 0.1) is 13.2 Å². The minimum absolute atomic E-state index is 0. The molecule has 0 aromatic heterocycles. The van der Waals surface area contributed by atoms with Gasteiger partial charge in [0.1, 0.15) is 0 Å². The van der Waals surface area contributed by atoms with Gasteiger partial charge in [-0.05, 0) is 19.1 Å². The molecule has 2 rings (SSSR count). The predicted octanol–water partition coefficient (Wildman–Crippen LogP) is 1.48. The fourth-order valence-electron chi connectivity index (χ4n) is 1.96. The van der Waals surface area contributed by atoms with Crippen molar-refractivity contribution in [3.63, 3.8) is 0 Å². The monoisotopic (exact) mass is 284 g/mol. The van der Waals surface area contributed by atoms with Crippen LogP contribution in [0.4, 0.5) is 0 Å². The van der Waals surface area contributed by atoms with Gasteiger partial charge in [-0.2, -0.15) is 0 Å². The van der Waals surface area contributed by atoms with E-state index in [1.807, 2.05) is 31.2 Å². The van der Waals surface area contributed by atoms with Gasteiger partial charge in [0.25, 0.3) is 5.91 Å². The summed E-state index contributed by atoms with van der Waals surface area (Å²) < 4.78 is 5.28. The van der Waals surface area contributed by atoms with Crippen molar-refractivity contribution in [2.75, 3.05) is 39.4 Å². The SMILES string of the molecule is Cc1ccc(C(=O)NCCN2CCOCC2)cc1.Cl. The molecule has 1 aromatic rings. The highest BCUT2D eigenvalue weighted by atomic mass is 35.5. The van der Waals surface area contributed by atoms with E-state index in [0.29, 0.717) is 6.54 Å². The summed E-state index contributed by atoms with van der Waals surface area (Å²) >= 11 is 0. The normalized spacial score (nSPS) is 15.6. The van der Waals surface area contributed by atoms with E-state index >= 15 is 0 Å². The molecule has 0 saturated carbocycles. The number of halogens is 1. The van der Waals surface area contributed by atoms with Crippen molar-refractivity contribution < 1.29 is 9.53 Å². The third-order valence-electron chi connectivity index (χ3n) is 3.13. The number of nitrogens with one attached hydrogen (secondary N) is 1. The molecule has 106 valence electrons. The first-order valence-electron chi connectivity index (χ1n) is 6.41. The summed E-state index contributed by atoms with van der Waals surface area (Å²) in [6.45, 7) is 7.10. The Labute approximate surface area is 120 Å². The van der Waals surface area contributed by atoms with Gasteiger partial charge in [-0.25, -0.2) is 0 Å². The van der Waals surface area contributed by atoms with E-state index in [1.54, 1.807) is 0 Å². The molecule has 1 aliphatic rings. The average molecular weight is 285 g/mol. The van der Waals surface area contributed by atoms with E-state index in [2.05, 4.69) is 10.2 Å². The highest BCUT2D eigenvalue weighted by Crippen LogP contribution is 2.02. The Morgan fingerprint density at radius 1 is 1.26 bits per heavy atom. The third-order valence-corrected chi connectivity index (χ3v) is 3.13. The number of ether oxygens (including phenoxy) is 1. The smallest absolute Gasteiger partial charge is 0.251 e. The molecule has 4 nitrogen and oxygen atoms in total. The number of aryl methyl sites for hydroxylation is 1. The van der Waals surface area contributed by atoms with Crippen molar-refractivity contribution in [1.82, 2.24) is 10.2 Å². The lowest BCUT2D eigenvalue weighted by molar-refractivity contribution is 0.0383. The number of hydrogen-bond acceptors (Lipinski definition) is 3. The zero-order valence-corrected chi connectivity index (χ0v) is 12.0. The molecule has 1 saturated heterocycles. The molecule has 0 aliphatic carbocycles. The van der Waals surface area contributed by atoms with Gasteiger partial charge in [-0.15, -0.1) is 12.4 Å². The molecule has 1 aromatic carbocycles. The minimum atomic E-state index is 0. The molecule has 1 N–H and O–H groups in total. The predicted molar refractivity (Wildman–Crippen MR) is 78.0 cm³/mol. The summed E-state index contributed by atoms with van der Waals surface area (Å²) in [6.07, 6.45) is 0. The molecule has 5 heteroatoms. The van der Waals surface area contributed by atoms with E-state index in [4.69, 9.17) is 4.74 Å². The lowest BCUT2D eigenvalue weighted by atomic mass is 10.1. The molecule has 19 heavy (non-hydrogen) atoms. The first kappa shape index (κ1) is 16.0. The molecule has 1 fully saturated rings. The number of nitrogens with zero attached hydrogens (tertiary/aromatic N) is 1. The molecule has 1 aliphatic heterocycles.